The van der Waals surface area contributed by atoms with Crippen molar-refractivity contribution in [3.8, 4) is 0 Å². The van der Waals surface area contributed by atoms with E-state index < -0.39 is 27.8 Å². The Morgan fingerprint density at radius 1 is 1.25 bits per heavy atom. The van der Waals surface area contributed by atoms with Gasteiger partial charge in [-0.3, -0.25) is 0 Å². The second-order valence-electron chi connectivity index (χ2n) is 6.10. The molecule has 1 aliphatic heterocycles. The van der Waals surface area contributed by atoms with Crippen LogP contribution in [0.5, 0.6) is 0 Å². The second kappa shape index (κ2) is 7.66. The number of halogens is 2. The summed E-state index contributed by atoms with van der Waals surface area (Å²) in [6, 6.07) is 6.36. The summed E-state index contributed by atoms with van der Waals surface area (Å²) in [6.45, 7) is 0.117. The van der Waals surface area contributed by atoms with E-state index in [4.69, 9.17) is 9.26 Å². The van der Waals surface area contributed by atoms with Gasteiger partial charge in [0.15, 0.2) is 23.6 Å². The Bertz CT molecular complexity index is 1070. The zero-order chi connectivity index (χ0) is 19.7. The Balaban J connectivity index is 1.51. The molecule has 1 aromatic carbocycles. The van der Waals surface area contributed by atoms with Gasteiger partial charge < -0.3 is 9.26 Å². The molecule has 4 rings (SSSR count). The summed E-state index contributed by atoms with van der Waals surface area (Å²) >= 11 is 1.57. The van der Waals surface area contributed by atoms with Crippen molar-refractivity contribution in [3.63, 3.8) is 0 Å². The van der Waals surface area contributed by atoms with Crippen LogP contribution in [0.4, 0.5) is 8.78 Å². The van der Waals surface area contributed by atoms with Crippen LogP contribution in [0.3, 0.4) is 0 Å². The average Bonchev–Trinajstić information content (AvgIpc) is 3.36. The first-order valence-corrected chi connectivity index (χ1v) is 10.7. The molecule has 0 spiro atoms. The van der Waals surface area contributed by atoms with E-state index >= 15 is 0 Å². The van der Waals surface area contributed by atoms with Crippen molar-refractivity contribution in [1.29, 1.82) is 0 Å². The van der Waals surface area contributed by atoms with Crippen LogP contribution < -0.4 is 0 Å². The Kier molecular flexibility index (Phi) is 5.23. The van der Waals surface area contributed by atoms with Crippen molar-refractivity contribution in [2.75, 3.05) is 19.7 Å². The van der Waals surface area contributed by atoms with Crippen LogP contribution in [-0.2, 0) is 21.2 Å². The molecule has 28 heavy (non-hydrogen) atoms. The zero-order valence-electron chi connectivity index (χ0n) is 14.4. The number of hydrogen-bond donors (Lipinski definition) is 0. The van der Waals surface area contributed by atoms with E-state index in [0.717, 1.165) is 21.3 Å². The fourth-order valence-corrected chi connectivity index (χ4v) is 4.96. The maximum atomic E-state index is 13.5. The molecule has 0 bridgehead atoms. The van der Waals surface area contributed by atoms with Gasteiger partial charge in [-0.25, -0.2) is 17.2 Å². The van der Waals surface area contributed by atoms with E-state index in [2.05, 4.69) is 10.1 Å². The summed E-state index contributed by atoms with van der Waals surface area (Å²) in [5, 5.41) is 5.86. The third-order valence-electron chi connectivity index (χ3n) is 4.23. The first-order chi connectivity index (χ1) is 13.4. The Labute approximate surface area is 163 Å². The molecule has 7 nitrogen and oxygen atoms in total. The number of hydrogen-bond acceptors (Lipinski definition) is 7. The van der Waals surface area contributed by atoms with E-state index in [0.29, 0.717) is 18.3 Å². The molecule has 0 aliphatic carbocycles. The van der Waals surface area contributed by atoms with Crippen LogP contribution in [0, 0.1) is 11.6 Å². The summed E-state index contributed by atoms with van der Waals surface area (Å²) in [5.74, 6) is -1.68. The third kappa shape index (κ3) is 3.83. The number of thiophene rings is 1. The second-order valence-corrected chi connectivity index (χ2v) is 9.07. The molecular formula is C17H15F2N3O4S2. The van der Waals surface area contributed by atoms with Gasteiger partial charge in [-0.05, 0) is 29.6 Å². The molecule has 0 saturated carbocycles. The summed E-state index contributed by atoms with van der Waals surface area (Å²) in [7, 11) is -4.02. The van der Waals surface area contributed by atoms with E-state index in [9.17, 15) is 17.2 Å². The number of sulfonamides is 1. The summed E-state index contributed by atoms with van der Waals surface area (Å²) < 4.78 is 64.1. The first kappa shape index (κ1) is 19.1. The van der Waals surface area contributed by atoms with Gasteiger partial charge in [0, 0.05) is 24.4 Å². The smallest absolute Gasteiger partial charge is 0.257 e. The highest BCUT2D eigenvalue weighted by Gasteiger charge is 2.34. The molecule has 3 aromatic rings. The van der Waals surface area contributed by atoms with E-state index in [1.807, 2.05) is 17.5 Å². The third-order valence-corrected chi connectivity index (χ3v) is 6.97. The van der Waals surface area contributed by atoms with Crippen LogP contribution in [0.2, 0.25) is 0 Å². The van der Waals surface area contributed by atoms with Crippen molar-refractivity contribution in [3.05, 3.63) is 63.9 Å². The predicted molar refractivity (Wildman–Crippen MR) is 95.2 cm³/mol. The number of benzene rings is 1. The van der Waals surface area contributed by atoms with E-state index in [-0.39, 0.29) is 30.5 Å². The molecule has 148 valence electrons. The summed E-state index contributed by atoms with van der Waals surface area (Å²) in [5.41, 5.74) is 0. The predicted octanol–water partition coefficient (Wildman–Crippen LogP) is 2.76. The normalized spacial score (nSPS) is 18.4. The minimum Gasteiger partial charge on any atom is -0.366 e. The van der Waals surface area contributed by atoms with E-state index in [1.54, 1.807) is 11.3 Å². The van der Waals surface area contributed by atoms with Gasteiger partial charge in [0.2, 0.25) is 10.0 Å². The van der Waals surface area contributed by atoms with Gasteiger partial charge in [-0.15, -0.1) is 11.3 Å². The van der Waals surface area contributed by atoms with Crippen LogP contribution in [0.1, 0.15) is 22.7 Å². The fourth-order valence-electron chi connectivity index (χ4n) is 2.82. The standard InChI is InChI=1S/C17H15F2N3O4S2/c18-13-4-3-12(9-14(13)19)28(23,24)22-5-6-25-15(10-22)17-20-16(21-26-17)8-11-2-1-7-27-11/h1-4,7,9,15H,5-6,8,10H2. The lowest BCUT2D eigenvalue weighted by Crippen LogP contribution is -2.42. The average molecular weight is 427 g/mol. The number of morpholine rings is 1. The fraction of sp³-hybridized carbons (Fsp3) is 0.294. The lowest BCUT2D eigenvalue weighted by Gasteiger charge is -2.30. The highest BCUT2D eigenvalue weighted by Crippen LogP contribution is 2.26. The first-order valence-electron chi connectivity index (χ1n) is 8.35. The lowest BCUT2D eigenvalue weighted by molar-refractivity contribution is -0.0199. The Hall–Kier alpha value is -2.21. The minimum absolute atomic E-state index is 0.0675. The Morgan fingerprint density at radius 3 is 2.86 bits per heavy atom. The number of rotatable bonds is 5. The molecular weight excluding hydrogens is 412 g/mol. The van der Waals surface area contributed by atoms with E-state index in [1.165, 1.54) is 0 Å². The molecule has 2 aromatic heterocycles. The van der Waals surface area contributed by atoms with Gasteiger partial charge >= 0.3 is 0 Å². The highest BCUT2D eigenvalue weighted by atomic mass is 32.2. The van der Waals surface area contributed by atoms with Gasteiger partial charge in [0.25, 0.3) is 5.89 Å². The quantitative estimate of drug-likeness (QED) is 0.623. The van der Waals surface area contributed by atoms with Gasteiger partial charge in [0.1, 0.15) is 0 Å². The number of ether oxygens (including phenoxy) is 1. The van der Waals surface area contributed by atoms with Crippen LogP contribution in [0.25, 0.3) is 0 Å². The minimum atomic E-state index is -4.02. The highest BCUT2D eigenvalue weighted by molar-refractivity contribution is 7.89. The van der Waals surface area contributed by atoms with Crippen LogP contribution >= 0.6 is 11.3 Å². The molecule has 1 atom stereocenters. The van der Waals surface area contributed by atoms with Gasteiger partial charge in [-0.1, -0.05) is 11.2 Å². The van der Waals surface area contributed by atoms with Crippen molar-refractivity contribution >= 4 is 21.4 Å². The van der Waals surface area contributed by atoms with Crippen LogP contribution in [0.15, 0.2) is 45.1 Å². The van der Waals surface area contributed by atoms with Crippen molar-refractivity contribution in [1.82, 2.24) is 14.4 Å². The molecule has 1 aliphatic rings. The number of nitrogens with zero attached hydrogens (tertiary/aromatic N) is 3. The van der Waals surface area contributed by atoms with Crippen molar-refractivity contribution < 1.29 is 26.5 Å². The summed E-state index contributed by atoms with van der Waals surface area (Å²) in [6.07, 6.45) is -0.233. The molecule has 0 amide bonds. The molecule has 1 saturated heterocycles. The van der Waals surface area contributed by atoms with Crippen molar-refractivity contribution in [2.24, 2.45) is 0 Å². The van der Waals surface area contributed by atoms with Gasteiger partial charge in [-0.2, -0.15) is 9.29 Å². The maximum Gasteiger partial charge on any atom is 0.257 e. The molecule has 0 radical (unpaired) electrons. The molecule has 3 heterocycles. The zero-order valence-corrected chi connectivity index (χ0v) is 16.0. The topological polar surface area (TPSA) is 85.5 Å². The summed E-state index contributed by atoms with van der Waals surface area (Å²) in [4.78, 5) is 5.04. The molecule has 0 N–H and O–H groups in total. The molecule has 1 fully saturated rings. The number of aromatic nitrogens is 2. The largest absolute Gasteiger partial charge is 0.366 e. The maximum absolute atomic E-state index is 13.5. The Morgan fingerprint density at radius 2 is 2.11 bits per heavy atom. The SMILES string of the molecule is O=S(=O)(c1ccc(F)c(F)c1)N1CCOC(c2nc(Cc3cccs3)no2)C1. The van der Waals surface area contributed by atoms with Crippen molar-refractivity contribution in [2.45, 2.75) is 17.4 Å². The van der Waals surface area contributed by atoms with Gasteiger partial charge in [0.05, 0.1) is 11.5 Å². The molecule has 11 heteroatoms. The lowest BCUT2D eigenvalue weighted by atomic mass is 10.3. The molecule has 1 unspecified atom stereocenters. The monoisotopic (exact) mass is 427 g/mol. The van der Waals surface area contributed by atoms with Crippen LogP contribution in [-0.4, -0.2) is 42.6 Å².